The van der Waals surface area contributed by atoms with Crippen molar-refractivity contribution >= 4 is 29.5 Å². The number of amides is 2. The Morgan fingerprint density at radius 3 is 2.67 bits per heavy atom. The van der Waals surface area contributed by atoms with Gasteiger partial charge in [0.2, 0.25) is 5.91 Å². The largest absolute Gasteiger partial charge is 0.477 e. The van der Waals surface area contributed by atoms with Gasteiger partial charge in [0.25, 0.3) is 5.91 Å². The van der Waals surface area contributed by atoms with Gasteiger partial charge >= 0.3 is 5.97 Å². The van der Waals surface area contributed by atoms with E-state index in [9.17, 15) is 24.6 Å². The first-order valence-electron chi connectivity index (χ1n) is 7.48. The smallest absolute Gasteiger partial charge is 0.352 e. The second-order valence-corrected chi connectivity index (χ2v) is 7.54. The molecule has 0 unspecified atom stereocenters. The van der Waals surface area contributed by atoms with E-state index in [0.717, 1.165) is 0 Å². The minimum atomic E-state index is -1.12. The van der Waals surface area contributed by atoms with Crippen molar-refractivity contribution in [2.75, 3.05) is 33.0 Å². The number of carboxylic acid groups (broad SMARTS) is 1. The first-order chi connectivity index (χ1) is 11.2. The van der Waals surface area contributed by atoms with Crippen LogP contribution in [0.4, 0.5) is 0 Å². The summed E-state index contributed by atoms with van der Waals surface area (Å²) in [5, 5.41) is 18.7. The number of nitrogens with two attached hydrogens (primary N) is 1. The number of aliphatic hydroxyl groups is 1. The van der Waals surface area contributed by atoms with Crippen molar-refractivity contribution in [3.63, 3.8) is 0 Å². The number of nitrogens with zero attached hydrogens (tertiary/aromatic N) is 2. The first kappa shape index (κ1) is 18.5. The van der Waals surface area contributed by atoms with Crippen molar-refractivity contribution in [1.82, 2.24) is 4.90 Å². The van der Waals surface area contributed by atoms with E-state index in [4.69, 9.17) is 5.73 Å². The van der Waals surface area contributed by atoms with Gasteiger partial charge in [-0.1, -0.05) is 6.08 Å². The number of quaternary nitrogens is 1. The van der Waals surface area contributed by atoms with Crippen LogP contribution >= 0.6 is 11.8 Å². The van der Waals surface area contributed by atoms with Gasteiger partial charge in [0.05, 0.1) is 32.4 Å². The Morgan fingerprint density at radius 2 is 2.17 bits per heavy atom. The van der Waals surface area contributed by atoms with Crippen molar-refractivity contribution in [1.29, 1.82) is 0 Å². The minimum absolute atomic E-state index is 0.0326. The molecule has 0 aliphatic carbocycles. The lowest BCUT2D eigenvalue weighted by Gasteiger charge is -2.43. The molecule has 2 atom stereocenters. The zero-order chi connectivity index (χ0) is 18.1. The summed E-state index contributed by atoms with van der Waals surface area (Å²) < 4.78 is 0.149. The van der Waals surface area contributed by atoms with Crippen molar-refractivity contribution in [2.24, 2.45) is 5.73 Å². The fraction of sp³-hybridized carbons (Fsp3) is 0.533. The van der Waals surface area contributed by atoms with Gasteiger partial charge in [0.15, 0.2) is 6.04 Å². The molecule has 0 bridgehead atoms. The standard InChI is InChI=1S/C15H21N3O5S/c1-18(2,10(7-19)14(16)21)5-3-4-9-8-24-12-6-11(20)17(12)13(9)15(22)23/h3-4,10,12,19H,5-8H2,1-2H3,(H2-,16,21,22,23)/p+1/t10-,12+/m1/s1. The lowest BCUT2D eigenvalue weighted by Crippen LogP contribution is -2.57. The number of carbonyl (C=O) groups is 3. The van der Waals surface area contributed by atoms with Gasteiger partial charge in [-0.15, -0.1) is 11.8 Å². The summed E-state index contributed by atoms with van der Waals surface area (Å²) >= 11 is 1.53. The van der Waals surface area contributed by atoms with Crippen LogP contribution in [0.15, 0.2) is 23.4 Å². The lowest BCUT2D eigenvalue weighted by molar-refractivity contribution is -0.900. The van der Waals surface area contributed by atoms with Crippen LogP contribution in [0.25, 0.3) is 0 Å². The molecule has 9 heteroatoms. The number of carbonyl (C=O) groups excluding carboxylic acids is 2. The zero-order valence-corrected chi connectivity index (χ0v) is 14.5. The predicted molar refractivity (Wildman–Crippen MR) is 88.6 cm³/mol. The third-order valence-electron chi connectivity index (χ3n) is 4.32. The molecule has 1 saturated heterocycles. The Bertz CT molecular complexity index is 629. The van der Waals surface area contributed by atoms with E-state index in [1.807, 2.05) is 0 Å². The van der Waals surface area contributed by atoms with E-state index < -0.39 is 17.9 Å². The number of β-lactam (4-membered cyclic amide) rings is 1. The summed E-state index contributed by atoms with van der Waals surface area (Å²) in [4.78, 5) is 35.9. The Kier molecular flexibility index (Phi) is 5.36. The second-order valence-electron chi connectivity index (χ2n) is 6.38. The van der Waals surface area contributed by atoms with Gasteiger partial charge in [-0.05, 0) is 11.6 Å². The number of aliphatic carboxylic acids is 1. The molecule has 1 fully saturated rings. The summed E-state index contributed by atoms with van der Waals surface area (Å²) in [5.74, 6) is -1.38. The number of primary amides is 1. The molecule has 2 aliphatic rings. The number of rotatable bonds is 7. The average molecular weight is 356 g/mol. The molecule has 2 rings (SSSR count). The van der Waals surface area contributed by atoms with Gasteiger partial charge in [-0.3, -0.25) is 14.5 Å². The topological polar surface area (TPSA) is 121 Å². The SMILES string of the molecule is C[N+](C)(CC=CC1=C(C(=O)O)N2C(=O)C[C@@H]2SC1)[C@H](CO)C(N)=O. The number of aliphatic hydroxyl groups excluding tert-OH is 1. The van der Waals surface area contributed by atoms with Crippen LogP contribution in [0.3, 0.4) is 0 Å². The number of allylic oxidation sites excluding steroid dienone is 1. The van der Waals surface area contributed by atoms with Crippen LogP contribution in [0.2, 0.25) is 0 Å². The Labute approximate surface area is 144 Å². The fourth-order valence-electron chi connectivity index (χ4n) is 2.82. The predicted octanol–water partition coefficient (Wildman–Crippen LogP) is -0.891. The Morgan fingerprint density at radius 1 is 1.50 bits per heavy atom. The summed E-state index contributed by atoms with van der Waals surface area (Å²) in [7, 11) is 3.51. The molecule has 0 aromatic carbocycles. The maximum Gasteiger partial charge on any atom is 0.352 e. The third-order valence-corrected chi connectivity index (χ3v) is 5.56. The number of hydrogen-bond donors (Lipinski definition) is 3. The van der Waals surface area contributed by atoms with E-state index in [0.29, 0.717) is 24.3 Å². The van der Waals surface area contributed by atoms with Crippen LogP contribution in [0.5, 0.6) is 0 Å². The molecule has 2 aliphatic heterocycles. The molecular weight excluding hydrogens is 334 g/mol. The number of fused-ring (bicyclic) bond motifs is 1. The molecule has 0 aromatic rings. The van der Waals surface area contributed by atoms with Gasteiger partial charge < -0.3 is 20.4 Å². The maximum atomic E-state index is 11.7. The van der Waals surface area contributed by atoms with Gasteiger partial charge in [-0.2, -0.15) is 0 Å². The molecule has 24 heavy (non-hydrogen) atoms. The summed E-state index contributed by atoms with van der Waals surface area (Å²) in [6, 6.07) is -0.746. The monoisotopic (exact) mass is 356 g/mol. The zero-order valence-electron chi connectivity index (χ0n) is 13.6. The third kappa shape index (κ3) is 3.47. The highest BCUT2D eigenvalue weighted by molar-refractivity contribution is 8.00. The summed E-state index contributed by atoms with van der Waals surface area (Å²) in [6.45, 7) is 0.0195. The maximum absolute atomic E-state index is 11.7. The Hall–Kier alpha value is -1.84. The molecule has 0 saturated carbocycles. The molecule has 132 valence electrons. The van der Waals surface area contributed by atoms with Gasteiger partial charge in [-0.25, -0.2) is 4.79 Å². The fourth-order valence-corrected chi connectivity index (χ4v) is 4.05. The molecule has 0 spiro atoms. The van der Waals surface area contributed by atoms with Crippen LogP contribution in [0.1, 0.15) is 6.42 Å². The van der Waals surface area contributed by atoms with E-state index in [-0.39, 0.29) is 28.1 Å². The van der Waals surface area contributed by atoms with Crippen LogP contribution < -0.4 is 5.73 Å². The van der Waals surface area contributed by atoms with E-state index >= 15 is 0 Å². The lowest BCUT2D eigenvalue weighted by atomic mass is 10.1. The van der Waals surface area contributed by atoms with Crippen molar-refractivity contribution < 1.29 is 29.1 Å². The molecular formula is C15H22N3O5S+. The number of hydrogen-bond acceptors (Lipinski definition) is 5. The van der Waals surface area contributed by atoms with Crippen molar-refractivity contribution in [3.8, 4) is 0 Å². The second kappa shape index (κ2) is 6.96. The molecule has 8 nitrogen and oxygen atoms in total. The van der Waals surface area contributed by atoms with Crippen molar-refractivity contribution in [3.05, 3.63) is 23.4 Å². The van der Waals surface area contributed by atoms with E-state index in [1.54, 1.807) is 26.2 Å². The Balaban J connectivity index is 2.17. The number of likely N-dealkylation sites (N-methyl/N-ethyl adjacent to an activating group) is 1. The summed E-state index contributed by atoms with van der Waals surface area (Å²) in [6.07, 6.45) is 3.79. The van der Waals surface area contributed by atoms with Crippen LogP contribution in [-0.4, -0.2) is 81.8 Å². The van der Waals surface area contributed by atoms with Crippen molar-refractivity contribution in [2.45, 2.75) is 17.8 Å². The molecule has 4 N–H and O–H groups in total. The normalized spacial score (nSPS) is 22.4. The molecule has 0 aromatic heterocycles. The highest BCUT2D eigenvalue weighted by atomic mass is 32.2. The quantitative estimate of drug-likeness (QED) is 0.402. The van der Waals surface area contributed by atoms with Gasteiger partial charge in [0.1, 0.15) is 12.3 Å². The van der Waals surface area contributed by atoms with E-state index in [2.05, 4.69) is 0 Å². The highest BCUT2D eigenvalue weighted by Crippen LogP contribution is 2.40. The van der Waals surface area contributed by atoms with Crippen LogP contribution in [-0.2, 0) is 14.4 Å². The first-order valence-corrected chi connectivity index (χ1v) is 8.53. The van der Waals surface area contributed by atoms with Gasteiger partial charge in [0, 0.05) is 5.75 Å². The molecule has 0 radical (unpaired) electrons. The minimum Gasteiger partial charge on any atom is -0.477 e. The molecule has 2 heterocycles. The highest BCUT2D eigenvalue weighted by Gasteiger charge is 2.44. The van der Waals surface area contributed by atoms with Crippen LogP contribution in [0, 0.1) is 0 Å². The number of thioether (sulfide) groups is 1. The summed E-state index contributed by atoms with van der Waals surface area (Å²) in [5.41, 5.74) is 5.89. The molecule has 2 amide bonds. The average Bonchev–Trinajstić information content (AvgIpc) is 2.46. The van der Waals surface area contributed by atoms with E-state index in [1.165, 1.54) is 16.7 Å². The number of carboxylic acids is 1.